The van der Waals surface area contributed by atoms with E-state index in [0.29, 0.717) is 5.69 Å². The van der Waals surface area contributed by atoms with Crippen LogP contribution in [0.15, 0.2) is 30.3 Å². The van der Waals surface area contributed by atoms with Gasteiger partial charge in [0.1, 0.15) is 12.2 Å². The molecular formula is C16H17F2N3O. The lowest BCUT2D eigenvalue weighted by atomic mass is 10.1. The number of aryl methyl sites for hydroxylation is 1. The molecule has 2 aromatic rings. The summed E-state index contributed by atoms with van der Waals surface area (Å²) in [6.45, 7) is 3.63. The summed E-state index contributed by atoms with van der Waals surface area (Å²) < 4.78 is 26.7. The van der Waals surface area contributed by atoms with Crippen molar-refractivity contribution in [3.05, 3.63) is 47.3 Å². The van der Waals surface area contributed by atoms with Crippen LogP contribution in [0.3, 0.4) is 0 Å². The van der Waals surface area contributed by atoms with Crippen molar-refractivity contribution >= 4 is 11.6 Å². The summed E-state index contributed by atoms with van der Waals surface area (Å²) in [5.41, 5.74) is 2.30. The number of carbonyl (C=O) groups is 1. The standard InChI is InChI=1S/C16H17F2N3O/c1-10-8-13(16(17)18)19-20(10)9-15(22)21-11(2)7-12-5-3-4-6-14(12)21/h3-6,8,11,16H,7,9H2,1-2H3/t11-/m1/s1. The minimum Gasteiger partial charge on any atom is -0.307 e. The smallest absolute Gasteiger partial charge is 0.282 e. The quantitative estimate of drug-likeness (QED) is 0.874. The Morgan fingerprint density at radius 2 is 2.14 bits per heavy atom. The lowest BCUT2D eigenvalue weighted by molar-refractivity contribution is -0.119. The molecule has 0 aliphatic carbocycles. The van der Waals surface area contributed by atoms with Gasteiger partial charge >= 0.3 is 0 Å². The minimum atomic E-state index is -2.62. The molecule has 0 saturated carbocycles. The molecular weight excluding hydrogens is 288 g/mol. The van der Waals surface area contributed by atoms with E-state index in [-0.39, 0.29) is 24.2 Å². The zero-order valence-electron chi connectivity index (χ0n) is 12.5. The number of benzene rings is 1. The molecule has 0 fully saturated rings. The fourth-order valence-corrected chi connectivity index (χ4v) is 2.95. The Balaban J connectivity index is 1.83. The molecule has 0 N–H and O–H groups in total. The van der Waals surface area contributed by atoms with Gasteiger partial charge in [-0.25, -0.2) is 8.78 Å². The van der Waals surface area contributed by atoms with Crippen molar-refractivity contribution in [2.24, 2.45) is 0 Å². The molecule has 116 valence electrons. The Morgan fingerprint density at radius 1 is 1.41 bits per heavy atom. The van der Waals surface area contributed by atoms with Gasteiger partial charge in [-0.1, -0.05) is 18.2 Å². The first-order valence-corrected chi connectivity index (χ1v) is 7.20. The molecule has 4 nitrogen and oxygen atoms in total. The van der Waals surface area contributed by atoms with Gasteiger partial charge in [-0.05, 0) is 38.0 Å². The lowest BCUT2D eigenvalue weighted by Gasteiger charge is -2.23. The highest BCUT2D eigenvalue weighted by Crippen LogP contribution is 2.32. The Morgan fingerprint density at radius 3 is 2.82 bits per heavy atom. The van der Waals surface area contributed by atoms with Crippen LogP contribution >= 0.6 is 0 Å². The van der Waals surface area contributed by atoms with Crippen LogP contribution in [0.4, 0.5) is 14.5 Å². The van der Waals surface area contributed by atoms with E-state index in [0.717, 1.165) is 17.7 Å². The predicted molar refractivity (Wildman–Crippen MR) is 79.0 cm³/mol. The first-order valence-electron chi connectivity index (χ1n) is 7.20. The van der Waals surface area contributed by atoms with E-state index in [4.69, 9.17) is 0 Å². The fourth-order valence-electron chi connectivity index (χ4n) is 2.95. The van der Waals surface area contributed by atoms with E-state index < -0.39 is 6.43 Å². The molecule has 0 spiro atoms. The fraction of sp³-hybridized carbons (Fsp3) is 0.375. The largest absolute Gasteiger partial charge is 0.307 e. The number of alkyl halides is 2. The number of carbonyl (C=O) groups excluding carboxylic acids is 1. The van der Waals surface area contributed by atoms with E-state index >= 15 is 0 Å². The number of amides is 1. The Hall–Kier alpha value is -2.24. The zero-order valence-corrected chi connectivity index (χ0v) is 12.5. The van der Waals surface area contributed by atoms with E-state index in [1.807, 2.05) is 31.2 Å². The molecule has 0 bridgehead atoms. The number of anilines is 1. The average molecular weight is 305 g/mol. The van der Waals surface area contributed by atoms with Gasteiger partial charge < -0.3 is 4.90 Å². The van der Waals surface area contributed by atoms with Crippen LogP contribution in [0.1, 0.15) is 30.3 Å². The summed E-state index contributed by atoms with van der Waals surface area (Å²) in [7, 11) is 0. The molecule has 1 aliphatic heterocycles. The summed E-state index contributed by atoms with van der Waals surface area (Å²) in [5, 5.41) is 3.82. The Kier molecular flexibility index (Phi) is 3.68. The topological polar surface area (TPSA) is 38.1 Å². The minimum absolute atomic E-state index is 0.0305. The van der Waals surface area contributed by atoms with Crippen molar-refractivity contribution in [3.63, 3.8) is 0 Å². The Labute approximate surface area is 127 Å². The molecule has 1 aromatic carbocycles. The number of fused-ring (bicyclic) bond motifs is 1. The molecule has 1 aliphatic rings. The molecule has 2 heterocycles. The van der Waals surface area contributed by atoms with Crippen molar-refractivity contribution < 1.29 is 13.6 Å². The lowest BCUT2D eigenvalue weighted by Crippen LogP contribution is -2.38. The number of hydrogen-bond acceptors (Lipinski definition) is 2. The summed E-state index contributed by atoms with van der Waals surface area (Å²) in [6.07, 6.45) is -1.82. The first kappa shape index (κ1) is 14.7. The Bertz CT molecular complexity index is 711. The molecule has 0 unspecified atom stereocenters. The summed E-state index contributed by atoms with van der Waals surface area (Å²) in [4.78, 5) is 14.3. The SMILES string of the molecule is Cc1cc(C(F)F)nn1CC(=O)N1c2ccccc2C[C@H]1C. The van der Waals surface area contributed by atoms with Crippen LogP contribution in [-0.4, -0.2) is 21.7 Å². The number of aromatic nitrogens is 2. The second-order valence-corrected chi connectivity index (χ2v) is 5.61. The monoisotopic (exact) mass is 305 g/mol. The molecule has 0 saturated heterocycles. The highest BCUT2D eigenvalue weighted by molar-refractivity contribution is 5.96. The zero-order chi connectivity index (χ0) is 15.9. The van der Waals surface area contributed by atoms with Crippen molar-refractivity contribution in [2.75, 3.05) is 4.90 Å². The summed E-state index contributed by atoms with van der Waals surface area (Å²) in [5.74, 6) is -0.135. The van der Waals surface area contributed by atoms with Gasteiger partial charge in [-0.3, -0.25) is 9.48 Å². The van der Waals surface area contributed by atoms with Gasteiger partial charge in [0.15, 0.2) is 0 Å². The van der Waals surface area contributed by atoms with Crippen molar-refractivity contribution in [1.29, 1.82) is 0 Å². The van der Waals surface area contributed by atoms with E-state index in [1.165, 1.54) is 10.7 Å². The van der Waals surface area contributed by atoms with Gasteiger partial charge in [0.05, 0.1) is 0 Å². The van der Waals surface area contributed by atoms with E-state index in [2.05, 4.69) is 5.10 Å². The van der Waals surface area contributed by atoms with Gasteiger partial charge in [0.2, 0.25) is 5.91 Å². The van der Waals surface area contributed by atoms with Crippen molar-refractivity contribution in [3.8, 4) is 0 Å². The summed E-state index contributed by atoms with van der Waals surface area (Å²) in [6, 6.07) is 9.15. The molecule has 1 aromatic heterocycles. The second-order valence-electron chi connectivity index (χ2n) is 5.61. The second kappa shape index (κ2) is 5.51. The van der Waals surface area contributed by atoms with Gasteiger partial charge in [0.25, 0.3) is 6.43 Å². The highest BCUT2D eigenvalue weighted by Gasteiger charge is 2.31. The number of para-hydroxylation sites is 1. The third kappa shape index (κ3) is 2.49. The maximum Gasteiger partial charge on any atom is 0.282 e. The molecule has 6 heteroatoms. The van der Waals surface area contributed by atoms with Gasteiger partial charge in [-0.15, -0.1) is 0 Å². The van der Waals surface area contributed by atoms with Crippen LogP contribution in [0, 0.1) is 6.92 Å². The molecule has 22 heavy (non-hydrogen) atoms. The maximum absolute atomic E-state index is 12.7. The van der Waals surface area contributed by atoms with E-state index in [1.54, 1.807) is 11.8 Å². The van der Waals surface area contributed by atoms with Gasteiger partial charge in [-0.2, -0.15) is 5.10 Å². The van der Waals surface area contributed by atoms with E-state index in [9.17, 15) is 13.6 Å². The summed E-state index contributed by atoms with van der Waals surface area (Å²) >= 11 is 0. The van der Waals surface area contributed by atoms with Crippen LogP contribution in [0.25, 0.3) is 0 Å². The van der Waals surface area contributed by atoms with Crippen LogP contribution in [-0.2, 0) is 17.8 Å². The predicted octanol–water partition coefficient (Wildman–Crippen LogP) is 3.11. The van der Waals surface area contributed by atoms with Crippen molar-refractivity contribution in [1.82, 2.24) is 9.78 Å². The third-order valence-electron chi connectivity index (χ3n) is 3.98. The number of hydrogen-bond donors (Lipinski definition) is 0. The van der Waals surface area contributed by atoms with Crippen molar-refractivity contribution in [2.45, 2.75) is 39.3 Å². The van der Waals surface area contributed by atoms with Crippen LogP contribution in [0.5, 0.6) is 0 Å². The third-order valence-corrected chi connectivity index (χ3v) is 3.98. The molecule has 1 atom stereocenters. The molecule has 1 amide bonds. The van der Waals surface area contributed by atoms with Crippen LogP contribution in [0.2, 0.25) is 0 Å². The average Bonchev–Trinajstić information content (AvgIpc) is 2.98. The van der Waals surface area contributed by atoms with Crippen LogP contribution < -0.4 is 4.90 Å². The number of halogens is 2. The first-order chi connectivity index (χ1) is 10.5. The number of rotatable bonds is 3. The van der Waals surface area contributed by atoms with Gasteiger partial charge in [0, 0.05) is 17.4 Å². The maximum atomic E-state index is 12.7. The molecule has 3 rings (SSSR count). The number of nitrogens with zero attached hydrogens (tertiary/aromatic N) is 3. The molecule has 0 radical (unpaired) electrons. The highest BCUT2D eigenvalue weighted by atomic mass is 19.3. The normalized spacial score (nSPS) is 17.1.